The van der Waals surface area contributed by atoms with Gasteiger partial charge in [0, 0.05) is 6.07 Å². The van der Waals surface area contributed by atoms with Crippen LogP contribution in [0.1, 0.15) is 10.5 Å². The summed E-state index contributed by atoms with van der Waals surface area (Å²) in [6.45, 7) is 0. The molecule has 0 amide bonds. The Labute approximate surface area is 76.9 Å². The molecule has 14 heavy (non-hydrogen) atoms. The van der Waals surface area contributed by atoms with Gasteiger partial charge in [-0.25, -0.2) is 4.98 Å². The fourth-order valence-corrected chi connectivity index (χ4v) is 1.10. The molecule has 7 heteroatoms. The second-order valence-corrected chi connectivity index (χ2v) is 2.58. The number of pyridine rings is 1. The smallest absolute Gasteiger partial charge is 0.288 e. The van der Waals surface area contributed by atoms with E-state index in [2.05, 4.69) is 15.2 Å². The van der Waals surface area contributed by atoms with E-state index >= 15 is 0 Å². The molecule has 0 unspecified atom stereocenters. The van der Waals surface area contributed by atoms with E-state index < -0.39 is 4.92 Å². The van der Waals surface area contributed by atoms with E-state index in [-0.39, 0.29) is 17.0 Å². The second-order valence-electron chi connectivity index (χ2n) is 2.58. The van der Waals surface area contributed by atoms with E-state index in [9.17, 15) is 14.9 Å². The molecule has 70 valence electrons. The van der Waals surface area contributed by atoms with Crippen LogP contribution in [0.25, 0.3) is 11.0 Å². The summed E-state index contributed by atoms with van der Waals surface area (Å²) >= 11 is 0. The first-order chi connectivity index (χ1) is 6.72. The van der Waals surface area contributed by atoms with Gasteiger partial charge >= 0.3 is 0 Å². The number of aromatic amines is 1. The predicted octanol–water partition coefficient (Wildman–Crippen LogP) is 0.679. The number of fused-ring (bicyclic) bond motifs is 1. The van der Waals surface area contributed by atoms with Gasteiger partial charge in [0.25, 0.3) is 5.69 Å². The van der Waals surface area contributed by atoms with Crippen molar-refractivity contribution in [1.29, 1.82) is 0 Å². The van der Waals surface area contributed by atoms with Crippen molar-refractivity contribution in [2.75, 3.05) is 0 Å². The van der Waals surface area contributed by atoms with Gasteiger partial charge in [0.1, 0.15) is 11.9 Å². The number of carbonyl (C=O) groups is 1. The maximum absolute atomic E-state index is 10.5. The fraction of sp³-hybridized carbons (Fsp3) is 0. The second kappa shape index (κ2) is 2.87. The highest BCUT2D eigenvalue weighted by Gasteiger charge is 2.11. The van der Waals surface area contributed by atoms with Gasteiger partial charge in [-0.2, -0.15) is 5.10 Å². The van der Waals surface area contributed by atoms with Gasteiger partial charge in [-0.05, 0) is 0 Å². The molecule has 0 bridgehead atoms. The number of aldehydes is 1. The van der Waals surface area contributed by atoms with Gasteiger partial charge in [-0.1, -0.05) is 0 Å². The molecule has 0 saturated carbocycles. The SMILES string of the molecule is O=Cc1[nH]nc2ncc([N+](=O)[O-])cc12. The Hall–Kier alpha value is -2.31. The van der Waals surface area contributed by atoms with E-state index in [1.165, 1.54) is 6.07 Å². The van der Waals surface area contributed by atoms with E-state index in [0.29, 0.717) is 11.7 Å². The number of rotatable bonds is 2. The molecule has 0 spiro atoms. The number of nitrogens with one attached hydrogen (secondary N) is 1. The average Bonchev–Trinajstić information content (AvgIpc) is 2.59. The third-order valence-electron chi connectivity index (χ3n) is 1.75. The third-order valence-corrected chi connectivity index (χ3v) is 1.75. The number of hydrogen-bond acceptors (Lipinski definition) is 5. The number of H-pyrrole nitrogens is 1. The standard InChI is InChI=1S/C7H4N4O3/c12-3-6-5-1-4(11(13)14)2-8-7(5)10-9-6/h1-3H,(H,8,9,10). The van der Waals surface area contributed by atoms with E-state index in [0.717, 1.165) is 6.20 Å². The third kappa shape index (κ3) is 1.11. The number of nitro groups is 1. The maximum atomic E-state index is 10.5. The van der Waals surface area contributed by atoms with Crippen molar-refractivity contribution in [1.82, 2.24) is 15.2 Å². The molecule has 7 nitrogen and oxygen atoms in total. The highest BCUT2D eigenvalue weighted by atomic mass is 16.6. The number of hydrogen-bond donors (Lipinski definition) is 1. The summed E-state index contributed by atoms with van der Waals surface area (Å²) in [6.07, 6.45) is 1.64. The molecule has 0 aliphatic heterocycles. The molecule has 1 N–H and O–H groups in total. The lowest BCUT2D eigenvalue weighted by molar-refractivity contribution is -0.385. The number of nitrogens with zero attached hydrogens (tertiary/aromatic N) is 3. The average molecular weight is 192 g/mol. The monoisotopic (exact) mass is 192 g/mol. The van der Waals surface area contributed by atoms with E-state index in [1.54, 1.807) is 0 Å². The summed E-state index contributed by atoms with van der Waals surface area (Å²) in [5, 5.41) is 16.9. The molecule has 2 aromatic heterocycles. The predicted molar refractivity (Wildman–Crippen MR) is 45.9 cm³/mol. The Morgan fingerprint density at radius 2 is 2.36 bits per heavy atom. The molecular weight excluding hydrogens is 188 g/mol. The highest BCUT2D eigenvalue weighted by molar-refractivity contribution is 5.93. The van der Waals surface area contributed by atoms with Crippen LogP contribution in [0.4, 0.5) is 5.69 Å². The van der Waals surface area contributed by atoms with Crippen molar-refractivity contribution in [3.05, 3.63) is 28.1 Å². The van der Waals surface area contributed by atoms with E-state index in [1.807, 2.05) is 0 Å². The van der Waals surface area contributed by atoms with Crippen LogP contribution in [-0.2, 0) is 0 Å². The lowest BCUT2D eigenvalue weighted by Gasteiger charge is -1.89. The summed E-state index contributed by atoms with van der Waals surface area (Å²) in [4.78, 5) is 24.1. The highest BCUT2D eigenvalue weighted by Crippen LogP contribution is 2.18. The zero-order valence-electron chi connectivity index (χ0n) is 6.80. The van der Waals surface area contributed by atoms with Crippen LogP contribution >= 0.6 is 0 Å². The molecule has 0 fully saturated rings. The van der Waals surface area contributed by atoms with E-state index in [4.69, 9.17) is 0 Å². The quantitative estimate of drug-likeness (QED) is 0.428. The van der Waals surface area contributed by atoms with Crippen LogP contribution in [-0.4, -0.2) is 26.4 Å². The molecule has 0 aromatic carbocycles. The van der Waals surface area contributed by atoms with Crippen molar-refractivity contribution in [2.24, 2.45) is 0 Å². The van der Waals surface area contributed by atoms with Gasteiger partial charge < -0.3 is 0 Å². The molecule has 0 aliphatic carbocycles. The molecule has 2 rings (SSSR count). The molecule has 2 heterocycles. The van der Waals surface area contributed by atoms with Gasteiger partial charge in [0.05, 0.1) is 10.3 Å². The molecule has 2 aromatic rings. The molecule has 0 atom stereocenters. The summed E-state index contributed by atoms with van der Waals surface area (Å²) < 4.78 is 0. The van der Waals surface area contributed by atoms with Crippen LogP contribution in [0, 0.1) is 10.1 Å². The maximum Gasteiger partial charge on any atom is 0.288 e. The van der Waals surface area contributed by atoms with Crippen molar-refractivity contribution < 1.29 is 9.72 Å². The fourth-order valence-electron chi connectivity index (χ4n) is 1.10. The topological polar surface area (TPSA) is 102 Å². The van der Waals surface area contributed by atoms with Crippen LogP contribution in [0.3, 0.4) is 0 Å². The Morgan fingerprint density at radius 3 is 3.00 bits per heavy atom. The van der Waals surface area contributed by atoms with Crippen LogP contribution in [0.5, 0.6) is 0 Å². The lowest BCUT2D eigenvalue weighted by atomic mass is 10.2. The molecule has 0 radical (unpaired) electrons. The van der Waals surface area contributed by atoms with Crippen molar-refractivity contribution in [2.45, 2.75) is 0 Å². The lowest BCUT2D eigenvalue weighted by Crippen LogP contribution is -1.89. The van der Waals surface area contributed by atoms with Crippen LogP contribution in [0.2, 0.25) is 0 Å². The Morgan fingerprint density at radius 1 is 1.57 bits per heavy atom. The van der Waals surface area contributed by atoms with Crippen molar-refractivity contribution in [3.63, 3.8) is 0 Å². The zero-order chi connectivity index (χ0) is 10.1. The molecule has 0 aliphatic rings. The first-order valence-electron chi connectivity index (χ1n) is 3.66. The number of aromatic nitrogens is 3. The van der Waals surface area contributed by atoms with Crippen LogP contribution in [0.15, 0.2) is 12.3 Å². The van der Waals surface area contributed by atoms with Gasteiger partial charge in [0.15, 0.2) is 11.9 Å². The Balaban J connectivity index is 2.73. The van der Waals surface area contributed by atoms with Gasteiger partial charge in [-0.3, -0.25) is 20.0 Å². The minimum atomic E-state index is -0.575. The zero-order valence-corrected chi connectivity index (χ0v) is 6.80. The van der Waals surface area contributed by atoms with Crippen molar-refractivity contribution >= 4 is 23.0 Å². The Kier molecular flexibility index (Phi) is 1.70. The molecule has 0 saturated heterocycles. The largest absolute Gasteiger partial charge is 0.296 e. The van der Waals surface area contributed by atoms with Crippen LogP contribution < -0.4 is 0 Å². The summed E-state index contributed by atoms with van der Waals surface area (Å²) in [7, 11) is 0. The van der Waals surface area contributed by atoms with Gasteiger partial charge in [-0.15, -0.1) is 0 Å². The summed E-state index contributed by atoms with van der Waals surface area (Å²) in [6, 6.07) is 1.26. The summed E-state index contributed by atoms with van der Waals surface area (Å²) in [5.41, 5.74) is 0.316. The first kappa shape index (κ1) is 8.30. The van der Waals surface area contributed by atoms with Gasteiger partial charge in [0.2, 0.25) is 0 Å². The number of carbonyl (C=O) groups excluding carboxylic acids is 1. The minimum Gasteiger partial charge on any atom is -0.296 e. The minimum absolute atomic E-state index is 0.165. The first-order valence-corrected chi connectivity index (χ1v) is 3.66. The summed E-state index contributed by atoms with van der Waals surface area (Å²) in [5.74, 6) is 0. The van der Waals surface area contributed by atoms with Crippen molar-refractivity contribution in [3.8, 4) is 0 Å². The Bertz CT molecular complexity index is 519. The molecular formula is C7H4N4O3. The normalized spacial score (nSPS) is 10.3.